The fourth-order valence-corrected chi connectivity index (χ4v) is 3.19. The first kappa shape index (κ1) is 19.7. The molecule has 0 spiro atoms. The van der Waals surface area contributed by atoms with Gasteiger partial charge in [0.15, 0.2) is 0 Å². The van der Waals surface area contributed by atoms with E-state index in [9.17, 15) is 14.4 Å². The largest absolute Gasteiger partial charge is 0.350 e. The van der Waals surface area contributed by atoms with Crippen molar-refractivity contribution in [2.45, 2.75) is 19.0 Å². The minimum absolute atomic E-state index is 0.173. The minimum atomic E-state index is -0.649. The van der Waals surface area contributed by atoms with Crippen LogP contribution in [0, 0.1) is 0 Å². The molecule has 7 nitrogen and oxygen atoms in total. The predicted molar refractivity (Wildman–Crippen MR) is 107 cm³/mol. The standard InChI is InChI=1S/C20H21ClN4O3/c21-15-8-4-5-9-17(15)25-11-10-16(19(25)27)24-20(28)23-13-18(26)22-12-14-6-2-1-3-7-14/h1-9,16H,10-13H2,(H,22,26)(H2,23,24,28). The second-order valence-electron chi connectivity index (χ2n) is 6.37. The molecule has 0 aromatic heterocycles. The van der Waals surface area contributed by atoms with Gasteiger partial charge in [0.05, 0.1) is 17.3 Å². The van der Waals surface area contributed by atoms with Crippen LogP contribution in [0.2, 0.25) is 5.02 Å². The summed E-state index contributed by atoms with van der Waals surface area (Å²) in [5.41, 5.74) is 1.59. The molecule has 4 amide bonds. The van der Waals surface area contributed by atoms with E-state index in [-0.39, 0.29) is 18.4 Å². The lowest BCUT2D eigenvalue weighted by atomic mass is 10.2. The Morgan fingerprint density at radius 2 is 1.75 bits per heavy atom. The summed E-state index contributed by atoms with van der Waals surface area (Å²) in [5.74, 6) is -0.536. The van der Waals surface area contributed by atoms with Gasteiger partial charge in [0.25, 0.3) is 0 Å². The molecule has 1 unspecified atom stereocenters. The summed E-state index contributed by atoms with van der Waals surface area (Å²) in [6.07, 6.45) is 0.470. The van der Waals surface area contributed by atoms with E-state index in [4.69, 9.17) is 11.6 Å². The molecule has 1 saturated heterocycles. The third kappa shape index (κ3) is 5.01. The highest BCUT2D eigenvalue weighted by Gasteiger charge is 2.34. The fourth-order valence-electron chi connectivity index (χ4n) is 2.95. The van der Waals surface area contributed by atoms with Crippen LogP contribution in [0.4, 0.5) is 10.5 Å². The Kier molecular flexibility index (Phi) is 6.49. The lowest BCUT2D eigenvalue weighted by Crippen LogP contribution is -2.48. The Hall–Kier alpha value is -3.06. The summed E-state index contributed by atoms with van der Waals surface area (Å²) in [5, 5.41) is 8.29. The number of benzene rings is 2. The first-order valence-electron chi connectivity index (χ1n) is 8.95. The zero-order chi connectivity index (χ0) is 19.9. The second kappa shape index (κ2) is 9.23. The molecule has 1 aliphatic rings. The minimum Gasteiger partial charge on any atom is -0.350 e. The van der Waals surface area contributed by atoms with E-state index in [1.54, 1.807) is 29.2 Å². The molecular formula is C20H21ClN4O3. The number of carbonyl (C=O) groups excluding carboxylic acids is 3. The van der Waals surface area contributed by atoms with Crippen LogP contribution in [-0.4, -0.2) is 37.0 Å². The lowest BCUT2D eigenvalue weighted by molar-refractivity contribution is -0.120. The summed E-state index contributed by atoms with van der Waals surface area (Å²) in [6, 6.07) is 15.3. The van der Waals surface area contributed by atoms with Gasteiger partial charge in [-0.25, -0.2) is 4.79 Å². The van der Waals surface area contributed by atoms with Crippen LogP contribution >= 0.6 is 11.6 Å². The van der Waals surface area contributed by atoms with Gasteiger partial charge in [0, 0.05) is 13.1 Å². The maximum atomic E-state index is 12.5. The van der Waals surface area contributed by atoms with Gasteiger partial charge in [0.1, 0.15) is 6.04 Å². The molecule has 2 aromatic rings. The van der Waals surface area contributed by atoms with Crippen LogP contribution in [0.25, 0.3) is 0 Å². The molecule has 3 rings (SSSR count). The number of halogens is 1. The van der Waals surface area contributed by atoms with E-state index in [1.165, 1.54) is 0 Å². The first-order chi connectivity index (χ1) is 13.5. The second-order valence-corrected chi connectivity index (χ2v) is 6.78. The Balaban J connectivity index is 1.43. The number of hydrogen-bond acceptors (Lipinski definition) is 3. The van der Waals surface area contributed by atoms with E-state index in [1.807, 2.05) is 30.3 Å². The van der Waals surface area contributed by atoms with Crippen molar-refractivity contribution in [1.29, 1.82) is 0 Å². The molecule has 0 bridgehead atoms. The predicted octanol–water partition coefficient (Wildman–Crippen LogP) is 2.06. The topological polar surface area (TPSA) is 90.5 Å². The van der Waals surface area contributed by atoms with Gasteiger partial charge in [-0.3, -0.25) is 9.59 Å². The molecule has 1 aliphatic heterocycles. The van der Waals surface area contributed by atoms with Gasteiger partial charge in [-0.15, -0.1) is 0 Å². The number of hydrogen-bond donors (Lipinski definition) is 3. The highest BCUT2D eigenvalue weighted by atomic mass is 35.5. The van der Waals surface area contributed by atoms with E-state index >= 15 is 0 Å². The molecule has 1 fully saturated rings. The Labute approximate surface area is 168 Å². The number of anilines is 1. The summed E-state index contributed by atoms with van der Waals surface area (Å²) >= 11 is 6.14. The SMILES string of the molecule is O=C(CNC(=O)NC1CCN(c2ccccc2Cl)C1=O)NCc1ccccc1. The van der Waals surface area contributed by atoms with E-state index in [0.29, 0.717) is 30.2 Å². The molecule has 2 aromatic carbocycles. The van der Waals surface area contributed by atoms with Gasteiger partial charge >= 0.3 is 6.03 Å². The summed E-state index contributed by atoms with van der Waals surface area (Å²) in [7, 11) is 0. The van der Waals surface area contributed by atoms with Crippen LogP contribution in [0.5, 0.6) is 0 Å². The summed E-state index contributed by atoms with van der Waals surface area (Å²) in [4.78, 5) is 38.0. The Morgan fingerprint density at radius 1 is 1.04 bits per heavy atom. The van der Waals surface area contributed by atoms with E-state index in [0.717, 1.165) is 5.56 Å². The number of carbonyl (C=O) groups is 3. The highest BCUT2D eigenvalue weighted by molar-refractivity contribution is 6.34. The average Bonchev–Trinajstić information content (AvgIpc) is 3.06. The average molecular weight is 401 g/mol. The molecule has 146 valence electrons. The summed E-state index contributed by atoms with van der Waals surface area (Å²) in [6.45, 7) is 0.676. The normalized spacial score (nSPS) is 16.0. The monoisotopic (exact) mass is 400 g/mol. The maximum absolute atomic E-state index is 12.5. The third-order valence-corrected chi connectivity index (χ3v) is 4.72. The Bertz CT molecular complexity index is 860. The number of nitrogens with one attached hydrogen (secondary N) is 3. The quantitative estimate of drug-likeness (QED) is 0.693. The zero-order valence-corrected chi connectivity index (χ0v) is 15.9. The maximum Gasteiger partial charge on any atom is 0.315 e. The number of nitrogens with zero attached hydrogens (tertiary/aromatic N) is 1. The van der Waals surface area contributed by atoms with Gasteiger partial charge in [-0.2, -0.15) is 0 Å². The van der Waals surface area contributed by atoms with Crippen LogP contribution in [0.15, 0.2) is 54.6 Å². The highest BCUT2D eigenvalue weighted by Crippen LogP contribution is 2.28. The van der Waals surface area contributed by atoms with Crippen molar-refractivity contribution in [3.8, 4) is 0 Å². The van der Waals surface area contributed by atoms with Gasteiger partial charge in [0.2, 0.25) is 11.8 Å². The van der Waals surface area contributed by atoms with E-state index in [2.05, 4.69) is 16.0 Å². The third-order valence-electron chi connectivity index (χ3n) is 4.40. The van der Waals surface area contributed by atoms with Crippen molar-refractivity contribution < 1.29 is 14.4 Å². The fraction of sp³-hybridized carbons (Fsp3) is 0.250. The van der Waals surface area contributed by atoms with E-state index < -0.39 is 12.1 Å². The molecule has 3 N–H and O–H groups in total. The van der Waals surface area contributed by atoms with Crippen molar-refractivity contribution in [3.63, 3.8) is 0 Å². The number of urea groups is 1. The van der Waals surface area contributed by atoms with Crippen molar-refractivity contribution in [3.05, 3.63) is 65.2 Å². The zero-order valence-electron chi connectivity index (χ0n) is 15.2. The van der Waals surface area contributed by atoms with Gasteiger partial charge < -0.3 is 20.9 Å². The van der Waals surface area contributed by atoms with Gasteiger partial charge in [-0.05, 0) is 24.1 Å². The van der Waals surface area contributed by atoms with Crippen LogP contribution < -0.4 is 20.9 Å². The van der Waals surface area contributed by atoms with Crippen LogP contribution in [0.1, 0.15) is 12.0 Å². The smallest absolute Gasteiger partial charge is 0.315 e. The molecule has 0 aliphatic carbocycles. The Morgan fingerprint density at radius 3 is 2.50 bits per heavy atom. The number of para-hydroxylation sites is 1. The van der Waals surface area contributed by atoms with Crippen molar-refractivity contribution in [1.82, 2.24) is 16.0 Å². The molecule has 1 heterocycles. The van der Waals surface area contributed by atoms with Crippen molar-refractivity contribution >= 4 is 35.1 Å². The van der Waals surface area contributed by atoms with Gasteiger partial charge in [-0.1, -0.05) is 54.1 Å². The molecule has 0 radical (unpaired) electrons. The first-order valence-corrected chi connectivity index (χ1v) is 9.33. The molecule has 8 heteroatoms. The molecule has 28 heavy (non-hydrogen) atoms. The van der Waals surface area contributed by atoms with Crippen LogP contribution in [-0.2, 0) is 16.1 Å². The molecular weight excluding hydrogens is 380 g/mol. The molecule has 0 saturated carbocycles. The van der Waals surface area contributed by atoms with Crippen LogP contribution in [0.3, 0.4) is 0 Å². The van der Waals surface area contributed by atoms with Crippen molar-refractivity contribution in [2.75, 3.05) is 18.0 Å². The number of amides is 4. The lowest BCUT2D eigenvalue weighted by Gasteiger charge is -2.18. The van der Waals surface area contributed by atoms with Crippen molar-refractivity contribution in [2.24, 2.45) is 0 Å². The molecule has 1 atom stereocenters. The number of rotatable bonds is 6. The summed E-state index contributed by atoms with van der Waals surface area (Å²) < 4.78 is 0.